The number of benzene rings is 1. The third-order valence-electron chi connectivity index (χ3n) is 4.65. The lowest BCUT2D eigenvalue weighted by atomic mass is 9.87. The molecule has 0 unspecified atom stereocenters. The van der Waals surface area contributed by atoms with Crippen LogP contribution in [0.15, 0.2) is 42.7 Å². The maximum absolute atomic E-state index is 12.6. The molecule has 0 saturated carbocycles. The third-order valence-corrected chi connectivity index (χ3v) is 4.65. The molecule has 0 spiro atoms. The molecule has 1 N–H and O–H groups in total. The van der Waals surface area contributed by atoms with Crippen LogP contribution >= 0.6 is 0 Å². The number of aromatic nitrogens is 2. The summed E-state index contributed by atoms with van der Waals surface area (Å²) in [5, 5.41) is 3.06. The Kier molecular flexibility index (Phi) is 5.02. The van der Waals surface area contributed by atoms with Crippen molar-refractivity contribution in [3.8, 4) is 0 Å². The van der Waals surface area contributed by atoms with Gasteiger partial charge in [-0.2, -0.15) is 0 Å². The van der Waals surface area contributed by atoms with E-state index in [2.05, 4.69) is 53.1 Å². The minimum Gasteiger partial charge on any atom is -0.340 e. The van der Waals surface area contributed by atoms with Gasteiger partial charge in [0.1, 0.15) is 0 Å². The second kappa shape index (κ2) is 7.21. The Hall–Kier alpha value is -2.43. The molecule has 1 aliphatic heterocycles. The van der Waals surface area contributed by atoms with E-state index in [1.54, 1.807) is 18.5 Å². The molecular weight excluding hydrogens is 312 g/mol. The Bertz CT molecular complexity index is 707. The Balaban J connectivity index is 1.63. The predicted octanol–water partition coefficient (Wildman–Crippen LogP) is 3.63. The van der Waals surface area contributed by atoms with Crippen molar-refractivity contribution in [1.29, 1.82) is 0 Å². The van der Waals surface area contributed by atoms with Crippen molar-refractivity contribution in [3.63, 3.8) is 0 Å². The van der Waals surface area contributed by atoms with Crippen molar-refractivity contribution >= 4 is 17.5 Å². The summed E-state index contributed by atoms with van der Waals surface area (Å²) in [6.07, 6.45) is 5.35. The van der Waals surface area contributed by atoms with Crippen LogP contribution in [0.1, 0.15) is 39.2 Å². The van der Waals surface area contributed by atoms with Gasteiger partial charge in [0.15, 0.2) is 0 Å². The molecule has 1 aliphatic rings. The molecule has 1 saturated heterocycles. The van der Waals surface area contributed by atoms with Crippen LogP contribution in [0, 0.1) is 5.92 Å². The van der Waals surface area contributed by atoms with Crippen molar-refractivity contribution < 1.29 is 4.79 Å². The van der Waals surface area contributed by atoms with Crippen LogP contribution in [0.2, 0.25) is 0 Å². The highest BCUT2D eigenvalue weighted by molar-refractivity contribution is 5.93. The van der Waals surface area contributed by atoms with Crippen LogP contribution in [0.5, 0.6) is 0 Å². The summed E-state index contributed by atoms with van der Waals surface area (Å²) < 4.78 is 0. The molecule has 1 amide bonds. The monoisotopic (exact) mass is 338 g/mol. The molecule has 2 heterocycles. The highest BCUT2D eigenvalue weighted by atomic mass is 16.1. The van der Waals surface area contributed by atoms with Gasteiger partial charge < -0.3 is 10.2 Å². The highest BCUT2D eigenvalue weighted by Crippen LogP contribution is 2.25. The van der Waals surface area contributed by atoms with Crippen molar-refractivity contribution in [3.05, 3.63) is 48.3 Å². The molecule has 0 aliphatic carbocycles. The van der Waals surface area contributed by atoms with Gasteiger partial charge >= 0.3 is 0 Å². The van der Waals surface area contributed by atoms with E-state index in [0.717, 1.165) is 25.1 Å². The van der Waals surface area contributed by atoms with Gasteiger partial charge in [-0.15, -0.1) is 0 Å². The second-order valence-electron chi connectivity index (χ2n) is 7.65. The average molecular weight is 338 g/mol. The summed E-state index contributed by atoms with van der Waals surface area (Å²) in [7, 11) is 0. The summed E-state index contributed by atoms with van der Waals surface area (Å²) in [5.74, 6) is 0.735. The van der Waals surface area contributed by atoms with Crippen LogP contribution in [-0.2, 0) is 10.2 Å². The number of nitrogens with zero attached hydrogens (tertiary/aromatic N) is 3. The number of anilines is 2. The number of carbonyl (C=O) groups excluding carboxylic acids is 1. The van der Waals surface area contributed by atoms with Crippen molar-refractivity contribution in [2.24, 2.45) is 5.92 Å². The maximum atomic E-state index is 12.6. The van der Waals surface area contributed by atoms with Gasteiger partial charge in [-0.1, -0.05) is 32.9 Å². The van der Waals surface area contributed by atoms with Gasteiger partial charge in [0, 0.05) is 31.2 Å². The van der Waals surface area contributed by atoms with E-state index in [-0.39, 0.29) is 17.2 Å². The van der Waals surface area contributed by atoms with Gasteiger partial charge in [0.25, 0.3) is 0 Å². The Morgan fingerprint density at radius 2 is 1.84 bits per heavy atom. The number of amides is 1. The number of rotatable bonds is 3. The number of piperidine rings is 1. The van der Waals surface area contributed by atoms with Crippen molar-refractivity contribution in [2.75, 3.05) is 23.3 Å². The SMILES string of the molecule is CC(C)(C)c1ccc(NC(=O)[C@@H]2CCCN(c3ncccn3)C2)cc1. The van der Waals surface area contributed by atoms with Crippen LogP contribution in [0.25, 0.3) is 0 Å². The van der Waals surface area contributed by atoms with Gasteiger partial charge in [-0.25, -0.2) is 9.97 Å². The minimum atomic E-state index is -0.0418. The summed E-state index contributed by atoms with van der Waals surface area (Å²) >= 11 is 0. The van der Waals surface area contributed by atoms with Crippen molar-refractivity contribution in [1.82, 2.24) is 9.97 Å². The van der Waals surface area contributed by atoms with Crippen LogP contribution in [-0.4, -0.2) is 29.0 Å². The number of hydrogen-bond donors (Lipinski definition) is 1. The first-order valence-electron chi connectivity index (χ1n) is 8.87. The van der Waals surface area contributed by atoms with Crippen LogP contribution < -0.4 is 10.2 Å². The molecule has 0 radical (unpaired) electrons. The Labute approximate surface area is 149 Å². The molecule has 2 aromatic rings. The van der Waals surface area contributed by atoms with E-state index in [1.807, 2.05) is 12.1 Å². The zero-order chi connectivity index (χ0) is 17.9. The minimum absolute atomic E-state index is 0.0418. The van der Waals surface area contributed by atoms with E-state index in [9.17, 15) is 4.79 Å². The first kappa shape index (κ1) is 17.4. The lowest BCUT2D eigenvalue weighted by Crippen LogP contribution is -2.41. The van der Waals surface area contributed by atoms with E-state index in [4.69, 9.17) is 0 Å². The first-order chi connectivity index (χ1) is 11.9. The van der Waals surface area contributed by atoms with Gasteiger partial charge in [0.2, 0.25) is 11.9 Å². The van der Waals surface area contributed by atoms with Gasteiger partial charge in [0.05, 0.1) is 5.92 Å². The zero-order valence-electron chi connectivity index (χ0n) is 15.2. The van der Waals surface area contributed by atoms with E-state index in [1.165, 1.54) is 5.56 Å². The van der Waals surface area contributed by atoms with Crippen LogP contribution in [0.3, 0.4) is 0 Å². The number of carbonyl (C=O) groups is 1. The van der Waals surface area contributed by atoms with Gasteiger partial charge in [-0.3, -0.25) is 4.79 Å². The fourth-order valence-corrected chi connectivity index (χ4v) is 3.13. The number of hydrogen-bond acceptors (Lipinski definition) is 4. The van der Waals surface area contributed by atoms with E-state index >= 15 is 0 Å². The fourth-order valence-electron chi connectivity index (χ4n) is 3.13. The Morgan fingerprint density at radius 1 is 1.16 bits per heavy atom. The normalized spacial score (nSPS) is 18.0. The molecule has 1 aromatic carbocycles. The summed E-state index contributed by atoms with van der Waals surface area (Å²) in [6.45, 7) is 8.11. The summed E-state index contributed by atoms with van der Waals surface area (Å²) in [6, 6.07) is 9.94. The lowest BCUT2D eigenvalue weighted by molar-refractivity contribution is -0.120. The molecular formula is C20H26N4O. The van der Waals surface area contributed by atoms with Crippen LogP contribution in [0.4, 0.5) is 11.6 Å². The molecule has 5 heteroatoms. The van der Waals surface area contributed by atoms with Crippen molar-refractivity contribution in [2.45, 2.75) is 39.0 Å². The number of nitrogens with one attached hydrogen (secondary N) is 1. The quantitative estimate of drug-likeness (QED) is 0.928. The standard InChI is InChI=1S/C20H26N4O/c1-20(2,3)16-7-9-17(10-8-16)23-18(25)15-6-4-13-24(14-15)19-21-11-5-12-22-19/h5,7-12,15H,4,6,13-14H2,1-3H3,(H,23,25)/t15-/m1/s1. The highest BCUT2D eigenvalue weighted by Gasteiger charge is 2.27. The molecule has 132 valence electrons. The molecule has 1 aromatic heterocycles. The summed E-state index contributed by atoms with van der Waals surface area (Å²) in [5.41, 5.74) is 2.23. The molecule has 1 fully saturated rings. The topological polar surface area (TPSA) is 58.1 Å². The smallest absolute Gasteiger partial charge is 0.229 e. The largest absolute Gasteiger partial charge is 0.340 e. The van der Waals surface area contributed by atoms with E-state index < -0.39 is 0 Å². The average Bonchev–Trinajstić information content (AvgIpc) is 2.62. The van der Waals surface area contributed by atoms with Gasteiger partial charge in [-0.05, 0) is 42.0 Å². The molecule has 5 nitrogen and oxygen atoms in total. The van der Waals surface area contributed by atoms with E-state index in [0.29, 0.717) is 12.5 Å². The summed E-state index contributed by atoms with van der Waals surface area (Å²) in [4.78, 5) is 23.3. The fraction of sp³-hybridized carbons (Fsp3) is 0.450. The molecule has 0 bridgehead atoms. The maximum Gasteiger partial charge on any atom is 0.229 e. The molecule has 25 heavy (non-hydrogen) atoms. The molecule has 1 atom stereocenters. The Morgan fingerprint density at radius 3 is 2.48 bits per heavy atom. The molecule has 3 rings (SSSR count). The lowest BCUT2D eigenvalue weighted by Gasteiger charge is -2.31. The zero-order valence-corrected chi connectivity index (χ0v) is 15.2. The second-order valence-corrected chi connectivity index (χ2v) is 7.65. The first-order valence-corrected chi connectivity index (χ1v) is 8.87. The third kappa shape index (κ3) is 4.35. The predicted molar refractivity (Wildman–Crippen MR) is 101 cm³/mol.